The van der Waals surface area contributed by atoms with E-state index in [0.29, 0.717) is 15.7 Å². The van der Waals surface area contributed by atoms with Gasteiger partial charge in [0.2, 0.25) is 5.91 Å². The number of aryl methyl sites for hydroxylation is 2. The van der Waals surface area contributed by atoms with Crippen molar-refractivity contribution in [3.8, 4) is 0 Å². The summed E-state index contributed by atoms with van der Waals surface area (Å²) in [7, 11) is 5.19. The second-order valence-electron chi connectivity index (χ2n) is 10.8. The Morgan fingerprint density at radius 2 is 1.88 bits per heavy atom. The molecule has 0 aliphatic carbocycles. The number of hydrogen-bond acceptors (Lipinski definition) is 6. The number of carbonyl (C=O) groups is 1. The van der Waals surface area contributed by atoms with E-state index in [2.05, 4.69) is 37.1 Å². The standard InChI is InChI=1S/C29H31ClN6O3S/c1-17-9-10-22-19(13-17)20-15-32(2)12-11-23(20)36(22)24(37)16-40-28-31-26-25(27(38)34(4)29(39)33(26)3)35(28)14-18-7-5-6-8-21(18)30/h5-10,13,20,23H,11-12,14-16H2,1-4H3/t20-,23+/m1/s1. The maximum atomic E-state index is 13.9. The van der Waals surface area contributed by atoms with Gasteiger partial charge in [0, 0.05) is 43.3 Å². The van der Waals surface area contributed by atoms with Crippen molar-refractivity contribution >= 4 is 46.1 Å². The number of aromatic nitrogens is 4. The molecular weight excluding hydrogens is 548 g/mol. The summed E-state index contributed by atoms with van der Waals surface area (Å²) in [6, 6.07) is 13.9. The molecule has 4 aromatic rings. The van der Waals surface area contributed by atoms with Crippen LogP contribution < -0.4 is 16.1 Å². The fraction of sp³-hybridized carbons (Fsp3) is 0.379. The van der Waals surface area contributed by atoms with Crippen LogP contribution in [0.25, 0.3) is 11.2 Å². The van der Waals surface area contributed by atoms with Gasteiger partial charge in [0.25, 0.3) is 5.56 Å². The van der Waals surface area contributed by atoms with Gasteiger partial charge in [0.15, 0.2) is 16.3 Å². The van der Waals surface area contributed by atoms with Crippen molar-refractivity contribution in [3.05, 3.63) is 85.0 Å². The number of hydrogen-bond donors (Lipinski definition) is 0. The van der Waals surface area contributed by atoms with Gasteiger partial charge < -0.3 is 14.4 Å². The van der Waals surface area contributed by atoms with Gasteiger partial charge in [-0.2, -0.15) is 0 Å². The molecule has 1 amide bonds. The van der Waals surface area contributed by atoms with Crippen LogP contribution in [-0.4, -0.2) is 61.4 Å². The van der Waals surface area contributed by atoms with Gasteiger partial charge in [-0.05, 0) is 50.2 Å². The number of benzene rings is 2. The molecule has 2 aliphatic heterocycles. The van der Waals surface area contributed by atoms with Crippen LogP contribution in [0.3, 0.4) is 0 Å². The molecule has 2 atom stereocenters. The third-order valence-corrected chi connectivity index (χ3v) is 9.48. The van der Waals surface area contributed by atoms with Crippen LogP contribution in [0.4, 0.5) is 5.69 Å². The summed E-state index contributed by atoms with van der Waals surface area (Å²) in [5.41, 5.74) is 3.92. The zero-order valence-corrected chi connectivity index (χ0v) is 24.5. The maximum Gasteiger partial charge on any atom is 0.332 e. The predicted octanol–water partition coefficient (Wildman–Crippen LogP) is 3.37. The largest absolute Gasteiger partial charge is 0.332 e. The number of piperidine rings is 1. The minimum absolute atomic E-state index is 0.00490. The van der Waals surface area contributed by atoms with Crippen LogP contribution in [0.1, 0.15) is 29.0 Å². The zero-order valence-electron chi connectivity index (χ0n) is 22.9. The summed E-state index contributed by atoms with van der Waals surface area (Å²) in [5, 5.41) is 1.06. The minimum Gasteiger partial charge on any atom is -0.309 e. The van der Waals surface area contributed by atoms with Crippen molar-refractivity contribution in [2.24, 2.45) is 14.1 Å². The number of halogens is 1. The van der Waals surface area contributed by atoms with E-state index in [1.54, 1.807) is 17.7 Å². The third-order valence-electron chi connectivity index (χ3n) is 8.15. The highest BCUT2D eigenvalue weighted by Gasteiger charge is 2.43. The summed E-state index contributed by atoms with van der Waals surface area (Å²) in [6.45, 7) is 4.23. The first-order chi connectivity index (χ1) is 19.2. The maximum absolute atomic E-state index is 13.9. The molecule has 0 N–H and O–H groups in total. The molecule has 2 aromatic carbocycles. The van der Waals surface area contributed by atoms with Crippen LogP contribution in [0.15, 0.2) is 57.2 Å². The van der Waals surface area contributed by atoms with Crippen LogP contribution >= 0.6 is 23.4 Å². The summed E-state index contributed by atoms with van der Waals surface area (Å²) in [6.07, 6.45) is 0.911. The molecule has 1 fully saturated rings. The van der Waals surface area contributed by atoms with Gasteiger partial charge in [-0.3, -0.25) is 18.7 Å². The van der Waals surface area contributed by atoms with Gasteiger partial charge in [-0.1, -0.05) is 59.3 Å². The summed E-state index contributed by atoms with van der Waals surface area (Å²) < 4.78 is 4.22. The molecule has 9 nitrogen and oxygen atoms in total. The van der Waals surface area contributed by atoms with Gasteiger partial charge in [0.1, 0.15) is 0 Å². The molecule has 4 heterocycles. The van der Waals surface area contributed by atoms with Crippen LogP contribution in [-0.2, 0) is 25.4 Å². The Kier molecular flexibility index (Phi) is 6.88. The summed E-state index contributed by atoms with van der Waals surface area (Å²) in [4.78, 5) is 48.8. The number of amides is 1. The Labute approximate surface area is 241 Å². The molecule has 1 saturated heterocycles. The average Bonchev–Trinajstić information content (AvgIpc) is 3.45. The van der Waals surface area contributed by atoms with Gasteiger partial charge in [-0.25, -0.2) is 9.78 Å². The van der Waals surface area contributed by atoms with Crippen molar-refractivity contribution < 1.29 is 4.79 Å². The molecule has 0 saturated carbocycles. The molecule has 40 heavy (non-hydrogen) atoms. The summed E-state index contributed by atoms with van der Waals surface area (Å²) >= 11 is 7.76. The van der Waals surface area contributed by atoms with E-state index < -0.39 is 11.2 Å². The highest BCUT2D eigenvalue weighted by Crippen LogP contribution is 2.45. The molecule has 6 rings (SSSR count). The van der Waals surface area contributed by atoms with Crippen molar-refractivity contribution in [1.29, 1.82) is 0 Å². The third kappa shape index (κ3) is 4.38. The fourth-order valence-corrected chi connectivity index (χ4v) is 7.13. The van der Waals surface area contributed by atoms with Crippen LogP contribution in [0.2, 0.25) is 5.02 Å². The lowest BCUT2D eigenvalue weighted by Gasteiger charge is -2.36. The Hall–Kier alpha value is -3.34. The minimum atomic E-state index is -0.454. The number of carbonyl (C=O) groups excluding carboxylic acids is 1. The Balaban J connectivity index is 1.37. The van der Waals surface area contributed by atoms with E-state index >= 15 is 0 Å². The number of fused-ring (bicyclic) bond motifs is 4. The normalized spacial score (nSPS) is 18.8. The number of nitrogens with zero attached hydrogens (tertiary/aromatic N) is 6. The quantitative estimate of drug-likeness (QED) is 0.338. The van der Waals surface area contributed by atoms with E-state index in [0.717, 1.165) is 35.3 Å². The Morgan fingerprint density at radius 1 is 1.10 bits per heavy atom. The lowest BCUT2D eigenvalue weighted by atomic mass is 9.89. The molecule has 0 unspecified atom stereocenters. The highest BCUT2D eigenvalue weighted by atomic mass is 35.5. The monoisotopic (exact) mass is 578 g/mol. The van der Waals surface area contributed by atoms with Gasteiger partial charge in [-0.15, -0.1) is 0 Å². The summed E-state index contributed by atoms with van der Waals surface area (Å²) in [5.74, 6) is 0.433. The number of imidazole rings is 1. The topological polar surface area (TPSA) is 85.4 Å². The second kappa shape index (κ2) is 10.2. The van der Waals surface area contributed by atoms with Crippen molar-refractivity contribution in [1.82, 2.24) is 23.6 Å². The Morgan fingerprint density at radius 3 is 2.65 bits per heavy atom. The predicted molar refractivity (Wildman–Crippen MR) is 159 cm³/mol. The highest BCUT2D eigenvalue weighted by molar-refractivity contribution is 7.99. The molecule has 2 aliphatic rings. The van der Waals surface area contributed by atoms with Crippen LogP contribution in [0, 0.1) is 6.92 Å². The number of anilines is 1. The first kappa shape index (κ1) is 26.9. The second-order valence-corrected chi connectivity index (χ2v) is 12.1. The molecule has 0 radical (unpaired) electrons. The number of thioether (sulfide) groups is 1. The fourth-order valence-electron chi connectivity index (χ4n) is 6.08. The lowest BCUT2D eigenvalue weighted by Crippen LogP contribution is -2.47. The average molecular weight is 579 g/mol. The van der Waals surface area contributed by atoms with E-state index in [1.165, 1.54) is 34.5 Å². The molecule has 11 heteroatoms. The van der Waals surface area contributed by atoms with Crippen molar-refractivity contribution in [2.45, 2.75) is 37.0 Å². The van der Waals surface area contributed by atoms with E-state index in [-0.39, 0.29) is 35.8 Å². The first-order valence-electron chi connectivity index (χ1n) is 13.3. The smallest absolute Gasteiger partial charge is 0.309 e. The number of likely N-dealkylation sites (N-methyl/N-ethyl adjacent to an activating group) is 1. The van der Waals surface area contributed by atoms with E-state index in [1.807, 2.05) is 23.1 Å². The molecule has 208 valence electrons. The SMILES string of the molecule is Cc1ccc2c(c1)[C@H]1CN(C)CC[C@@H]1N2C(=O)CSc1nc2c(c(=O)n(C)c(=O)n2C)n1Cc1ccccc1Cl. The zero-order chi connectivity index (χ0) is 28.3. The van der Waals surface area contributed by atoms with Crippen LogP contribution in [0.5, 0.6) is 0 Å². The molecule has 2 aromatic heterocycles. The number of likely N-dealkylation sites (tertiary alicyclic amines) is 1. The van der Waals surface area contributed by atoms with Crippen molar-refractivity contribution in [3.63, 3.8) is 0 Å². The Bertz CT molecular complexity index is 1780. The molecule has 0 spiro atoms. The van der Waals surface area contributed by atoms with Gasteiger partial charge >= 0.3 is 5.69 Å². The number of rotatable bonds is 5. The van der Waals surface area contributed by atoms with Gasteiger partial charge in [0.05, 0.1) is 12.3 Å². The van der Waals surface area contributed by atoms with Crippen molar-refractivity contribution in [2.75, 3.05) is 30.8 Å². The lowest BCUT2D eigenvalue weighted by molar-refractivity contribution is -0.116. The van der Waals surface area contributed by atoms with E-state index in [9.17, 15) is 14.4 Å². The first-order valence-corrected chi connectivity index (χ1v) is 14.7. The molecule has 0 bridgehead atoms. The molecular formula is C29H31ClN6O3S. The van der Waals surface area contributed by atoms with E-state index in [4.69, 9.17) is 16.6 Å².